The molecule has 0 amide bonds. The number of para-hydroxylation sites is 4. The Morgan fingerprint density at radius 3 is 1.57 bits per heavy atom. The summed E-state index contributed by atoms with van der Waals surface area (Å²) in [6.45, 7) is 6.93. The van der Waals surface area contributed by atoms with Crippen molar-refractivity contribution in [2.75, 3.05) is 9.80 Å². The summed E-state index contributed by atoms with van der Waals surface area (Å²) in [7, 11) is 0. The summed E-state index contributed by atoms with van der Waals surface area (Å²) in [4.78, 5) is 4.77. The molecule has 60 heavy (non-hydrogen) atoms. The molecule has 286 valence electrons. The van der Waals surface area contributed by atoms with Crippen molar-refractivity contribution >= 4 is 115 Å². The van der Waals surface area contributed by atoms with Gasteiger partial charge in [-0.25, -0.2) is 0 Å². The Labute approximate surface area is 352 Å². The van der Waals surface area contributed by atoms with E-state index in [1.54, 1.807) is 0 Å². The van der Waals surface area contributed by atoms with Crippen LogP contribution < -0.4 is 9.80 Å². The molecule has 0 unspecified atom stereocenters. The van der Waals surface area contributed by atoms with Crippen LogP contribution in [0, 0.1) is 0 Å². The van der Waals surface area contributed by atoms with Gasteiger partial charge >= 0.3 is 0 Å². The number of aromatic nitrogens is 1. The number of hydrogen-bond donors (Lipinski definition) is 0. The lowest BCUT2D eigenvalue weighted by Gasteiger charge is -2.26. The van der Waals surface area contributed by atoms with Crippen molar-refractivity contribution in [2.24, 2.45) is 0 Å². The van der Waals surface area contributed by atoms with Crippen LogP contribution in [0.3, 0.4) is 0 Å². The van der Waals surface area contributed by atoms with Gasteiger partial charge in [0.25, 0.3) is 0 Å². The molecule has 0 N–H and O–H groups in total. The monoisotopic (exact) mass is 787 g/mol. The van der Waals surface area contributed by atoms with Crippen LogP contribution in [0.1, 0.15) is 26.3 Å². The zero-order valence-corrected chi connectivity index (χ0v) is 34.5. The summed E-state index contributed by atoms with van der Waals surface area (Å²) >= 11 is 1.88. The molecule has 4 heteroatoms. The molecule has 0 aliphatic heterocycles. The number of thiophene rings is 1. The van der Waals surface area contributed by atoms with Crippen LogP contribution in [0.25, 0.3) is 69.0 Å². The maximum Gasteiger partial charge on any atom is 0.0641 e. The van der Waals surface area contributed by atoms with Gasteiger partial charge in [-0.3, -0.25) is 0 Å². The summed E-state index contributed by atoms with van der Waals surface area (Å²) in [6.07, 6.45) is 0. The van der Waals surface area contributed by atoms with E-state index < -0.39 is 0 Å². The van der Waals surface area contributed by atoms with Crippen LogP contribution >= 0.6 is 11.3 Å². The fraction of sp³-hybridized carbons (Fsp3) is 0.0714. The summed E-state index contributed by atoms with van der Waals surface area (Å²) < 4.78 is 5.14. The standard InChI is InChI=1S/C56H41N3S/c1-56(2,3)38-24-28-49-48(34-38)54-50(58(41-20-12-6-13-21-41)42-22-14-7-15-23-42)29-27-45-46-30-37-33-52-47(31-36(37)32-51(46)59(49)55(45)54)44-26-25-43(35-53(44)60-52)57(39-16-8-4-9-17-39)40-18-10-5-11-19-40/h4-35H,1-3H3. The molecular formula is C56H41N3S. The van der Waals surface area contributed by atoms with Crippen molar-refractivity contribution in [3.63, 3.8) is 0 Å². The fourth-order valence-electron chi connectivity index (χ4n) is 9.52. The third kappa shape index (κ3) is 5.34. The third-order valence-corrected chi connectivity index (χ3v) is 13.5. The average Bonchev–Trinajstić information content (AvgIpc) is 3.92. The van der Waals surface area contributed by atoms with E-state index in [0.717, 1.165) is 28.4 Å². The van der Waals surface area contributed by atoms with E-state index in [1.807, 2.05) is 11.3 Å². The Kier molecular flexibility index (Phi) is 7.66. The normalized spacial score (nSPS) is 12.2. The van der Waals surface area contributed by atoms with Crippen molar-refractivity contribution in [2.45, 2.75) is 26.2 Å². The van der Waals surface area contributed by atoms with Gasteiger partial charge in [-0.15, -0.1) is 11.3 Å². The molecule has 12 rings (SSSR count). The predicted octanol–water partition coefficient (Wildman–Crippen LogP) is 16.6. The Morgan fingerprint density at radius 1 is 0.400 bits per heavy atom. The van der Waals surface area contributed by atoms with Gasteiger partial charge in [0.05, 0.1) is 22.2 Å². The molecule has 3 heterocycles. The first kappa shape index (κ1) is 34.9. The van der Waals surface area contributed by atoms with E-state index in [4.69, 9.17) is 0 Å². The lowest BCUT2D eigenvalue weighted by Crippen LogP contribution is -2.11. The highest BCUT2D eigenvalue weighted by atomic mass is 32.1. The van der Waals surface area contributed by atoms with E-state index in [9.17, 15) is 0 Å². The number of hydrogen-bond acceptors (Lipinski definition) is 3. The van der Waals surface area contributed by atoms with Crippen LogP contribution in [0.15, 0.2) is 194 Å². The molecule has 0 saturated carbocycles. The molecule has 0 saturated heterocycles. The lowest BCUT2D eigenvalue weighted by molar-refractivity contribution is 0.591. The van der Waals surface area contributed by atoms with Gasteiger partial charge < -0.3 is 14.2 Å². The second-order valence-electron chi connectivity index (χ2n) is 17.0. The van der Waals surface area contributed by atoms with Gasteiger partial charge in [0.2, 0.25) is 0 Å². The summed E-state index contributed by atoms with van der Waals surface area (Å²) in [6, 6.07) is 71.4. The second-order valence-corrected chi connectivity index (χ2v) is 18.1. The lowest BCUT2D eigenvalue weighted by atomic mass is 9.86. The number of rotatable bonds is 6. The van der Waals surface area contributed by atoms with Gasteiger partial charge in [-0.2, -0.15) is 0 Å². The Hall–Kier alpha value is -7.14. The summed E-state index contributed by atoms with van der Waals surface area (Å²) in [5.74, 6) is 0. The largest absolute Gasteiger partial charge is 0.310 e. The van der Waals surface area contributed by atoms with Gasteiger partial charge in [0.15, 0.2) is 0 Å². The number of anilines is 6. The van der Waals surface area contributed by atoms with Gasteiger partial charge in [0, 0.05) is 70.2 Å². The van der Waals surface area contributed by atoms with Crippen LogP contribution in [0.4, 0.5) is 34.1 Å². The molecule has 0 spiro atoms. The minimum absolute atomic E-state index is 0.00792. The second kappa shape index (κ2) is 13.2. The molecule has 0 radical (unpaired) electrons. The van der Waals surface area contributed by atoms with E-state index in [0.29, 0.717) is 0 Å². The quantitative estimate of drug-likeness (QED) is 0.166. The number of nitrogens with zero attached hydrogens (tertiary/aromatic N) is 3. The minimum atomic E-state index is 0.00792. The molecule has 3 aromatic heterocycles. The molecule has 0 bridgehead atoms. The molecule has 12 aromatic rings. The van der Waals surface area contributed by atoms with Gasteiger partial charge in [-0.05, 0) is 125 Å². The first-order valence-electron chi connectivity index (χ1n) is 20.8. The molecule has 0 aliphatic rings. The zero-order valence-electron chi connectivity index (χ0n) is 33.7. The van der Waals surface area contributed by atoms with Crippen LogP contribution in [-0.2, 0) is 5.41 Å². The highest BCUT2D eigenvalue weighted by molar-refractivity contribution is 7.26. The fourth-order valence-corrected chi connectivity index (χ4v) is 10.7. The maximum absolute atomic E-state index is 2.54. The highest BCUT2D eigenvalue weighted by Gasteiger charge is 2.26. The van der Waals surface area contributed by atoms with Crippen molar-refractivity contribution in [1.29, 1.82) is 0 Å². The smallest absolute Gasteiger partial charge is 0.0641 e. The number of fused-ring (bicyclic) bond motifs is 10. The van der Waals surface area contributed by atoms with E-state index >= 15 is 0 Å². The topological polar surface area (TPSA) is 10.9 Å². The van der Waals surface area contributed by atoms with Crippen molar-refractivity contribution in [3.8, 4) is 0 Å². The Balaban J connectivity index is 1.09. The summed E-state index contributed by atoms with van der Waals surface area (Å²) in [5, 5.41) is 10.2. The Morgan fingerprint density at radius 2 is 0.950 bits per heavy atom. The third-order valence-electron chi connectivity index (χ3n) is 12.4. The van der Waals surface area contributed by atoms with Crippen LogP contribution in [0.5, 0.6) is 0 Å². The van der Waals surface area contributed by atoms with Crippen molar-refractivity contribution in [3.05, 3.63) is 200 Å². The molecule has 0 fully saturated rings. The molecule has 0 atom stereocenters. The maximum atomic E-state index is 2.54. The van der Waals surface area contributed by atoms with Crippen LogP contribution in [0.2, 0.25) is 0 Å². The zero-order chi connectivity index (χ0) is 40.1. The summed E-state index contributed by atoms with van der Waals surface area (Å²) in [5.41, 5.74) is 12.0. The minimum Gasteiger partial charge on any atom is -0.310 e. The van der Waals surface area contributed by atoms with E-state index in [2.05, 4.69) is 229 Å². The molecule has 9 aromatic carbocycles. The average molecular weight is 788 g/mol. The predicted molar refractivity (Wildman–Crippen MR) is 260 cm³/mol. The first-order chi connectivity index (χ1) is 29.4. The SMILES string of the molecule is CC(C)(C)c1ccc2c(c1)c1c(N(c3ccccc3)c3ccccc3)ccc3c4cc5cc6sc7cc(N(c8ccccc8)c8ccccc8)ccc7c6cc5cc4n2c31. The van der Waals surface area contributed by atoms with Gasteiger partial charge in [-0.1, -0.05) is 112 Å². The first-order valence-corrected chi connectivity index (χ1v) is 21.6. The molecule has 3 nitrogen and oxygen atoms in total. The molecular weight excluding hydrogens is 747 g/mol. The van der Waals surface area contributed by atoms with Gasteiger partial charge in [0.1, 0.15) is 0 Å². The van der Waals surface area contributed by atoms with Crippen molar-refractivity contribution in [1.82, 2.24) is 4.40 Å². The number of benzene rings is 9. The Bertz CT molecular complexity index is 3490. The van der Waals surface area contributed by atoms with E-state index in [-0.39, 0.29) is 5.41 Å². The van der Waals surface area contributed by atoms with Crippen molar-refractivity contribution < 1.29 is 0 Å². The molecule has 0 aliphatic carbocycles. The van der Waals surface area contributed by atoms with E-state index in [1.165, 1.54) is 80.3 Å². The highest BCUT2D eigenvalue weighted by Crippen LogP contribution is 2.49. The van der Waals surface area contributed by atoms with Crippen LogP contribution in [-0.4, -0.2) is 4.40 Å².